The Morgan fingerprint density at radius 3 is 2.78 bits per heavy atom. The molecule has 1 saturated heterocycles. The predicted octanol–water partition coefficient (Wildman–Crippen LogP) is 5.82. The molecule has 1 aromatic heterocycles. The van der Waals surface area contributed by atoms with E-state index in [1.165, 1.54) is 12.8 Å². The van der Waals surface area contributed by atoms with Crippen molar-refractivity contribution in [3.8, 4) is 22.8 Å². The lowest BCUT2D eigenvalue weighted by Crippen LogP contribution is -2.21. The standard InChI is InChI=1S/C30H33FN2O4/c1-19(30(34)35)13-20-5-6-21-7-8-27(37-28(21)14-20)25-15-23(18-33-11-3-4-12-33)24(17-26(25)31)22-9-10-32-29(16-22)36-2/h5-6,9-10,14-17,19,27H,3-4,7-8,11-13,18H2,1-2H3,(H,34,35). The fourth-order valence-corrected chi connectivity index (χ4v) is 5.35. The highest BCUT2D eigenvalue weighted by atomic mass is 19.1. The van der Waals surface area contributed by atoms with Crippen molar-refractivity contribution in [2.45, 2.75) is 51.7 Å². The van der Waals surface area contributed by atoms with E-state index in [0.29, 0.717) is 24.3 Å². The van der Waals surface area contributed by atoms with E-state index in [-0.39, 0.29) is 5.82 Å². The average molecular weight is 505 g/mol. The topological polar surface area (TPSA) is 71.9 Å². The van der Waals surface area contributed by atoms with Gasteiger partial charge in [0.2, 0.25) is 5.88 Å². The molecule has 2 aromatic carbocycles. The Balaban J connectivity index is 1.47. The highest BCUT2D eigenvalue weighted by Crippen LogP contribution is 2.39. The van der Waals surface area contributed by atoms with Gasteiger partial charge in [-0.2, -0.15) is 0 Å². The summed E-state index contributed by atoms with van der Waals surface area (Å²) in [6.45, 7) is 4.52. The minimum atomic E-state index is -0.823. The van der Waals surface area contributed by atoms with Crippen LogP contribution in [0.3, 0.4) is 0 Å². The van der Waals surface area contributed by atoms with Crippen molar-refractivity contribution >= 4 is 5.97 Å². The van der Waals surface area contributed by atoms with Crippen molar-refractivity contribution in [1.82, 2.24) is 9.88 Å². The molecule has 1 fully saturated rings. The number of carboxylic acid groups (broad SMARTS) is 1. The van der Waals surface area contributed by atoms with Crippen LogP contribution in [-0.2, 0) is 24.2 Å². The van der Waals surface area contributed by atoms with E-state index in [1.807, 2.05) is 36.4 Å². The number of aromatic nitrogens is 1. The number of likely N-dealkylation sites (tertiary alicyclic amines) is 1. The zero-order valence-corrected chi connectivity index (χ0v) is 21.4. The number of carboxylic acids is 1. The first-order chi connectivity index (χ1) is 17.9. The molecule has 37 heavy (non-hydrogen) atoms. The molecule has 2 aliphatic heterocycles. The fraction of sp³-hybridized carbons (Fsp3) is 0.400. The summed E-state index contributed by atoms with van der Waals surface area (Å²) in [5.74, 6) is -0.386. The maximum atomic E-state index is 15.7. The number of carbonyl (C=O) groups is 1. The second-order valence-electron chi connectivity index (χ2n) is 10.1. The molecule has 194 valence electrons. The van der Waals surface area contributed by atoms with Crippen molar-refractivity contribution in [2.75, 3.05) is 20.2 Å². The number of halogens is 1. The highest BCUT2D eigenvalue weighted by molar-refractivity contribution is 5.70. The van der Waals surface area contributed by atoms with Crippen molar-refractivity contribution in [3.63, 3.8) is 0 Å². The molecule has 3 heterocycles. The normalized spacial score (nSPS) is 18.2. The third-order valence-corrected chi connectivity index (χ3v) is 7.46. The monoisotopic (exact) mass is 504 g/mol. The summed E-state index contributed by atoms with van der Waals surface area (Å²) in [7, 11) is 1.58. The van der Waals surface area contributed by atoms with Crippen LogP contribution >= 0.6 is 0 Å². The van der Waals surface area contributed by atoms with Gasteiger partial charge in [-0.25, -0.2) is 9.37 Å². The summed E-state index contributed by atoms with van der Waals surface area (Å²) in [6.07, 6.45) is 5.52. The van der Waals surface area contributed by atoms with E-state index < -0.39 is 18.0 Å². The first-order valence-electron chi connectivity index (χ1n) is 13.0. The zero-order chi connectivity index (χ0) is 25.9. The van der Waals surface area contributed by atoms with E-state index >= 15 is 4.39 Å². The van der Waals surface area contributed by atoms with Crippen LogP contribution < -0.4 is 9.47 Å². The third kappa shape index (κ3) is 5.62. The molecule has 0 bridgehead atoms. The van der Waals surface area contributed by atoms with Gasteiger partial charge in [0.15, 0.2) is 0 Å². The van der Waals surface area contributed by atoms with Gasteiger partial charge in [-0.1, -0.05) is 19.1 Å². The molecule has 2 aliphatic rings. The molecule has 3 aromatic rings. The number of ether oxygens (including phenoxy) is 2. The lowest BCUT2D eigenvalue weighted by atomic mass is 9.91. The quantitative estimate of drug-likeness (QED) is 0.417. The lowest BCUT2D eigenvalue weighted by molar-refractivity contribution is -0.141. The van der Waals surface area contributed by atoms with Crippen LogP contribution in [0.1, 0.15) is 54.5 Å². The summed E-state index contributed by atoms with van der Waals surface area (Å²) in [4.78, 5) is 17.9. The molecular weight excluding hydrogens is 471 g/mol. The maximum Gasteiger partial charge on any atom is 0.306 e. The van der Waals surface area contributed by atoms with Gasteiger partial charge in [0.1, 0.15) is 17.7 Å². The Bertz CT molecular complexity index is 1290. The fourth-order valence-electron chi connectivity index (χ4n) is 5.35. The molecule has 7 heteroatoms. The van der Waals surface area contributed by atoms with Crippen LogP contribution in [0.25, 0.3) is 11.1 Å². The van der Waals surface area contributed by atoms with E-state index in [2.05, 4.69) is 9.88 Å². The first-order valence-corrected chi connectivity index (χ1v) is 13.0. The minimum Gasteiger partial charge on any atom is -0.485 e. The van der Waals surface area contributed by atoms with Crippen LogP contribution in [0.4, 0.5) is 4.39 Å². The number of hydrogen-bond acceptors (Lipinski definition) is 5. The summed E-state index contributed by atoms with van der Waals surface area (Å²) >= 11 is 0. The number of methoxy groups -OCH3 is 1. The van der Waals surface area contributed by atoms with Crippen LogP contribution in [0, 0.1) is 11.7 Å². The van der Waals surface area contributed by atoms with Gasteiger partial charge in [-0.05, 0) is 97.3 Å². The molecule has 0 aliphatic carbocycles. The Labute approximate surface area is 217 Å². The molecular formula is C30H33FN2O4. The molecule has 1 N–H and O–H groups in total. The van der Waals surface area contributed by atoms with Crippen LogP contribution in [0.15, 0.2) is 48.7 Å². The summed E-state index contributed by atoms with van der Waals surface area (Å²) in [6, 6.07) is 13.2. The van der Waals surface area contributed by atoms with Crippen molar-refractivity contribution in [1.29, 1.82) is 0 Å². The number of aryl methyl sites for hydroxylation is 1. The number of fused-ring (bicyclic) bond motifs is 1. The van der Waals surface area contributed by atoms with E-state index in [1.54, 1.807) is 26.3 Å². The number of aliphatic carboxylic acids is 1. The SMILES string of the molecule is COc1cc(-c2cc(F)c(C3CCc4ccc(CC(C)C(=O)O)cc4O3)cc2CN2CCCC2)ccn1. The van der Waals surface area contributed by atoms with Gasteiger partial charge < -0.3 is 14.6 Å². The second kappa shape index (κ2) is 10.9. The number of benzene rings is 2. The summed E-state index contributed by atoms with van der Waals surface area (Å²) < 4.78 is 27.4. The number of pyridine rings is 1. The van der Waals surface area contributed by atoms with Gasteiger partial charge in [0, 0.05) is 24.4 Å². The smallest absolute Gasteiger partial charge is 0.306 e. The van der Waals surface area contributed by atoms with Crippen LogP contribution in [-0.4, -0.2) is 41.2 Å². The van der Waals surface area contributed by atoms with Crippen molar-refractivity contribution in [3.05, 3.63) is 76.7 Å². The molecule has 0 amide bonds. The molecule has 6 nitrogen and oxygen atoms in total. The molecule has 0 radical (unpaired) electrons. The summed E-state index contributed by atoms with van der Waals surface area (Å²) in [5, 5.41) is 9.28. The van der Waals surface area contributed by atoms with E-state index in [9.17, 15) is 9.90 Å². The molecule has 2 atom stereocenters. The number of nitrogens with zero attached hydrogens (tertiary/aromatic N) is 2. The Kier molecular flexibility index (Phi) is 7.42. The second-order valence-corrected chi connectivity index (χ2v) is 10.1. The van der Waals surface area contributed by atoms with Gasteiger partial charge in [-0.3, -0.25) is 9.69 Å². The van der Waals surface area contributed by atoms with Gasteiger partial charge in [-0.15, -0.1) is 0 Å². The van der Waals surface area contributed by atoms with Gasteiger partial charge in [0.05, 0.1) is 13.0 Å². The third-order valence-electron chi connectivity index (χ3n) is 7.46. The summed E-state index contributed by atoms with van der Waals surface area (Å²) in [5.41, 5.74) is 5.32. The van der Waals surface area contributed by atoms with Gasteiger partial charge in [0.25, 0.3) is 0 Å². The zero-order valence-electron chi connectivity index (χ0n) is 21.4. The van der Waals surface area contributed by atoms with Crippen molar-refractivity contribution < 1.29 is 23.8 Å². The number of rotatable bonds is 8. The Morgan fingerprint density at radius 2 is 2.03 bits per heavy atom. The van der Waals surface area contributed by atoms with Crippen molar-refractivity contribution in [2.24, 2.45) is 5.92 Å². The van der Waals surface area contributed by atoms with Gasteiger partial charge >= 0.3 is 5.97 Å². The largest absolute Gasteiger partial charge is 0.485 e. The van der Waals surface area contributed by atoms with Crippen LogP contribution in [0.2, 0.25) is 0 Å². The number of hydrogen-bond donors (Lipinski definition) is 1. The Hall–Kier alpha value is -3.45. The highest BCUT2D eigenvalue weighted by Gasteiger charge is 2.27. The maximum absolute atomic E-state index is 15.7. The predicted molar refractivity (Wildman–Crippen MR) is 139 cm³/mol. The minimum absolute atomic E-state index is 0.292. The molecule has 2 unspecified atom stereocenters. The molecule has 5 rings (SSSR count). The van der Waals surface area contributed by atoms with E-state index in [4.69, 9.17) is 9.47 Å². The van der Waals surface area contributed by atoms with E-state index in [0.717, 1.165) is 59.6 Å². The Morgan fingerprint density at radius 1 is 1.22 bits per heavy atom. The molecule has 0 saturated carbocycles. The molecule has 0 spiro atoms. The first kappa shape index (κ1) is 25.2. The lowest BCUT2D eigenvalue weighted by Gasteiger charge is -2.28. The van der Waals surface area contributed by atoms with Crippen LogP contribution in [0.5, 0.6) is 11.6 Å². The average Bonchev–Trinajstić information content (AvgIpc) is 3.42.